The number of aliphatic hydroxyl groups excluding tert-OH is 1. The lowest BCUT2D eigenvalue weighted by Gasteiger charge is -2.26. The summed E-state index contributed by atoms with van der Waals surface area (Å²) in [6.07, 6.45) is 1.49. The SMILES string of the molecule is OC1CCC(Oc2c(F)cc(F)cc2F)CC1. The van der Waals surface area contributed by atoms with Crippen LogP contribution in [0.4, 0.5) is 13.2 Å². The lowest BCUT2D eigenvalue weighted by atomic mass is 9.95. The Morgan fingerprint density at radius 3 is 2.06 bits per heavy atom. The van der Waals surface area contributed by atoms with Crippen LogP contribution in [-0.4, -0.2) is 17.3 Å². The van der Waals surface area contributed by atoms with Crippen LogP contribution in [0.2, 0.25) is 0 Å². The molecule has 1 aliphatic rings. The van der Waals surface area contributed by atoms with Crippen LogP contribution in [0.15, 0.2) is 12.1 Å². The molecule has 2 nitrogen and oxygen atoms in total. The van der Waals surface area contributed by atoms with E-state index in [1.54, 1.807) is 0 Å². The summed E-state index contributed by atoms with van der Waals surface area (Å²) in [4.78, 5) is 0. The zero-order chi connectivity index (χ0) is 12.4. The minimum atomic E-state index is -1.03. The van der Waals surface area contributed by atoms with Crippen LogP contribution >= 0.6 is 0 Å². The van der Waals surface area contributed by atoms with Gasteiger partial charge >= 0.3 is 0 Å². The van der Waals surface area contributed by atoms with E-state index in [9.17, 15) is 18.3 Å². The molecule has 94 valence electrons. The van der Waals surface area contributed by atoms with Crippen molar-refractivity contribution >= 4 is 0 Å². The lowest BCUT2D eigenvalue weighted by molar-refractivity contribution is 0.0624. The van der Waals surface area contributed by atoms with Crippen molar-refractivity contribution in [3.8, 4) is 5.75 Å². The molecule has 17 heavy (non-hydrogen) atoms. The Labute approximate surface area is 97.0 Å². The van der Waals surface area contributed by atoms with E-state index >= 15 is 0 Å². The molecule has 0 amide bonds. The van der Waals surface area contributed by atoms with E-state index in [0.717, 1.165) is 0 Å². The van der Waals surface area contributed by atoms with Crippen molar-refractivity contribution in [2.75, 3.05) is 0 Å². The molecular weight excluding hydrogens is 233 g/mol. The Hall–Kier alpha value is -1.23. The average Bonchev–Trinajstić information content (AvgIpc) is 2.26. The van der Waals surface area contributed by atoms with E-state index < -0.39 is 23.2 Å². The predicted octanol–water partition coefficient (Wildman–Crippen LogP) is 2.79. The number of ether oxygens (including phenoxy) is 1. The van der Waals surface area contributed by atoms with Gasteiger partial charge in [0.1, 0.15) is 5.82 Å². The Morgan fingerprint density at radius 2 is 1.53 bits per heavy atom. The molecule has 1 aromatic carbocycles. The maximum Gasteiger partial charge on any atom is 0.191 e. The van der Waals surface area contributed by atoms with Gasteiger partial charge in [-0.15, -0.1) is 0 Å². The van der Waals surface area contributed by atoms with Gasteiger partial charge in [0.05, 0.1) is 12.2 Å². The number of halogens is 3. The second-order valence-electron chi connectivity index (χ2n) is 4.25. The highest BCUT2D eigenvalue weighted by Crippen LogP contribution is 2.28. The highest BCUT2D eigenvalue weighted by atomic mass is 19.1. The second-order valence-corrected chi connectivity index (χ2v) is 4.25. The van der Waals surface area contributed by atoms with Gasteiger partial charge in [0, 0.05) is 12.1 Å². The van der Waals surface area contributed by atoms with Crippen LogP contribution in [0.5, 0.6) is 5.75 Å². The average molecular weight is 246 g/mol. The highest BCUT2D eigenvalue weighted by molar-refractivity contribution is 5.27. The van der Waals surface area contributed by atoms with Crippen molar-refractivity contribution < 1.29 is 23.0 Å². The van der Waals surface area contributed by atoms with E-state index in [0.29, 0.717) is 37.8 Å². The minimum absolute atomic E-state index is 0.326. The van der Waals surface area contributed by atoms with Gasteiger partial charge in [0.2, 0.25) is 0 Å². The van der Waals surface area contributed by atoms with E-state index in [1.165, 1.54) is 0 Å². The van der Waals surface area contributed by atoms with Crippen molar-refractivity contribution in [2.45, 2.75) is 37.9 Å². The fraction of sp³-hybridized carbons (Fsp3) is 0.500. The van der Waals surface area contributed by atoms with Crippen molar-refractivity contribution in [3.63, 3.8) is 0 Å². The second kappa shape index (κ2) is 4.96. The van der Waals surface area contributed by atoms with Crippen LogP contribution in [-0.2, 0) is 0 Å². The summed E-state index contributed by atoms with van der Waals surface area (Å²) in [5, 5.41) is 9.29. The summed E-state index contributed by atoms with van der Waals surface area (Å²) < 4.78 is 44.4. The fourth-order valence-electron chi connectivity index (χ4n) is 1.97. The maximum atomic E-state index is 13.3. The monoisotopic (exact) mass is 246 g/mol. The molecule has 1 aliphatic carbocycles. The zero-order valence-electron chi connectivity index (χ0n) is 9.13. The molecule has 0 unspecified atom stereocenters. The first-order valence-corrected chi connectivity index (χ1v) is 5.55. The molecule has 0 saturated heterocycles. The smallest absolute Gasteiger partial charge is 0.191 e. The topological polar surface area (TPSA) is 29.5 Å². The molecule has 0 aromatic heterocycles. The minimum Gasteiger partial charge on any atom is -0.484 e. The standard InChI is InChI=1S/C12H13F3O2/c13-7-5-10(14)12(11(15)6-7)17-9-3-1-8(16)2-4-9/h5-6,8-9,16H,1-4H2. The summed E-state index contributed by atoms with van der Waals surface area (Å²) in [5.41, 5.74) is 0. The first kappa shape index (κ1) is 12.2. The molecule has 2 rings (SSSR count). The van der Waals surface area contributed by atoms with Crippen LogP contribution < -0.4 is 4.74 Å². The van der Waals surface area contributed by atoms with Gasteiger partial charge in [-0.05, 0) is 25.7 Å². The van der Waals surface area contributed by atoms with Gasteiger partial charge in [0.15, 0.2) is 17.4 Å². The molecular formula is C12H13F3O2. The quantitative estimate of drug-likeness (QED) is 0.869. The number of hydrogen-bond donors (Lipinski definition) is 1. The number of benzene rings is 1. The van der Waals surface area contributed by atoms with E-state index in [1.807, 2.05) is 0 Å². The van der Waals surface area contributed by atoms with Gasteiger partial charge in [0.25, 0.3) is 0 Å². The lowest BCUT2D eigenvalue weighted by Crippen LogP contribution is -2.27. The van der Waals surface area contributed by atoms with Gasteiger partial charge in [-0.25, -0.2) is 13.2 Å². The van der Waals surface area contributed by atoms with Crippen molar-refractivity contribution in [1.29, 1.82) is 0 Å². The molecule has 0 atom stereocenters. The van der Waals surface area contributed by atoms with Gasteiger partial charge in [-0.3, -0.25) is 0 Å². The summed E-state index contributed by atoms with van der Waals surface area (Å²) >= 11 is 0. The van der Waals surface area contributed by atoms with Crippen LogP contribution in [0, 0.1) is 17.5 Å². The van der Waals surface area contributed by atoms with E-state index in [4.69, 9.17) is 4.74 Å². The molecule has 0 heterocycles. The number of hydrogen-bond acceptors (Lipinski definition) is 2. The van der Waals surface area contributed by atoms with Gasteiger partial charge in [-0.1, -0.05) is 0 Å². The van der Waals surface area contributed by atoms with Crippen LogP contribution in [0.1, 0.15) is 25.7 Å². The molecule has 1 saturated carbocycles. The first-order chi connectivity index (χ1) is 8.06. The fourth-order valence-corrected chi connectivity index (χ4v) is 1.97. The van der Waals surface area contributed by atoms with Crippen molar-refractivity contribution in [2.24, 2.45) is 0 Å². The van der Waals surface area contributed by atoms with Crippen molar-refractivity contribution in [1.82, 2.24) is 0 Å². The molecule has 0 bridgehead atoms. The van der Waals surface area contributed by atoms with E-state index in [2.05, 4.69) is 0 Å². The summed E-state index contributed by atoms with van der Waals surface area (Å²) in [7, 11) is 0. The summed E-state index contributed by atoms with van der Waals surface area (Å²) in [6.45, 7) is 0. The molecule has 0 aliphatic heterocycles. The summed E-state index contributed by atoms with van der Waals surface area (Å²) in [6, 6.07) is 1.19. The Kier molecular flexibility index (Phi) is 3.57. The number of aliphatic hydroxyl groups is 1. The van der Waals surface area contributed by atoms with Crippen molar-refractivity contribution in [3.05, 3.63) is 29.6 Å². The molecule has 0 radical (unpaired) electrons. The molecule has 1 aromatic rings. The Balaban J connectivity index is 2.08. The first-order valence-electron chi connectivity index (χ1n) is 5.55. The normalized spacial score (nSPS) is 24.7. The highest BCUT2D eigenvalue weighted by Gasteiger charge is 2.23. The largest absolute Gasteiger partial charge is 0.484 e. The third-order valence-electron chi connectivity index (χ3n) is 2.89. The third kappa shape index (κ3) is 2.91. The summed E-state index contributed by atoms with van der Waals surface area (Å²) in [5.74, 6) is -3.57. The third-order valence-corrected chi connectivity index (χ3v) is 2.89. The van der Waals surface area contributed by atoms with Crippen LogP contribution in [0.3, 0.4) is 0 Å². The van der Waals surface area contributed by atoms with Crippen LogP contribution in [0.25, 0.3) is 0 Å². The Bertz CT molecular complexity index is 378. The van der Waals surface area contributed by atoms with E-state index in [-0.39, 0.29) is 12.2 Å². The molecule has 1 N–H and O–H groups in total. The molecule has 1 fully saturated rings. The van der Waals surface area contributed by atoms with Gasteiger partial charge < -0.3 is 9.84 Å². The van der Waals surface area contributed by atoms with Gasteiger partial charge in [-0.2, -0.15) is 0 Å². The number of rotatable bonds is 2. The Morgan fingerprint density at radius 1 is 1.00 bits per heavy atom. The zero-order valence-corrected chi connectivity index (χ0v) is 9.13. The molecule has 0 spiro atoms. The predicted molar refractivity (Wildman–Crippen MR) is 55.2 cm³/mol. The maximum absolute atomic E-state index is 13.3. The molecule has 5 heteroatoms.